The maximum atomic E-state index is 11.4. The first-order chi connectivity index (χ1) is 6.66. The van der Waals surface area contributed by atoms with Crippen molar-refractivity contribution in [3.63, 3.8) is 0 Å². The van der Waals surface area contributed by atoms with Crippen LogP contribution in [0.3, 0.4) is 0 Å². The number of amides is 1. The van der Waals surface area contributed by atoms with Crippen molar-refractivity contribution in [1.82, 2.24) is 5.32 Å². The number of halogens is 1. The van der Waals surface area contributed by atoms with E-state index in [2.05, 4.69) is 5.32 Å². The normalized spacial score (nSPS) is 21.0. The number of carbonyl (C=O) groups excluding carboxylic acids is 1. The molecule has 1 aromatic carbocycles. The molecule has 3 heteroatoms. The number of hydrogen-bond donors (Lipinski definition) is 1. The summed E-state index contributed by atoms with van der Waals surface area (Å²) in [5, 5.41) is 3.63. The molecule has 0 spiro atoms. The maximum Gasteiger partial charge on any atom is 0.223 e. The van der Waals surface area contributed by atoms with Crippen LogP contribution in [0.5, 0.6) is 0 Å². The average Bonchev–Trinajstić information content (AvgIpc) is 2.27. The minimum absolute atomic E-state index is 0.0368. The molecule has 1 aliphatic rings. The Hall–Kier alpha value is -1.02. The fourth-order valence-electron chi connectivity index (χ4n) is 1.74. The lowest BCUT2D eigenvalue weighted by Crippen LogP contribution is -2.26. The number of nitrogens with one attached hydrogen (secondary N) is 1. The first-order valence-corrected chi connectivity index (χ1v) is 5.09. The average molecular weight is 210 g/mol. The molecule has 1 heterocycles. The summed E-state index contributed by atoms with van der Waals surface area (Å²) in [7, 11) is 0. The van der Waals surface area contributed by atoms with Crippen LogP contribution in [0, 0.1) is 5.92 Å². The zero-order valence-corrected chi connectivity index (χ0v) is 8.77. The first kappa shape index (κ1) is 9.53. The Labute approximate surface area is 88.3 Å². The highest BCUT2D eigenvalue weighted by Gasteiger charge is 2.19. The topological polar surface area (TPSA) is 29.1 Å². The molecule has 0 aliphatic carbocycles. The highest BCUT2D eigenvalue weighted by atomic mass is 35.5. The monoisotopic (exact) mass is 209 g/mol. The molecule has 1 amide bonds. The van der Waals surface area contributed by atoms with Crippen LogP contribution in [0.1, 0.15) is 18.1 Å². The number of hydrogen-bond acceptors (Lipinski definition) is 1. The van der Waals surface area contributed by atoms with Crippen LogP contribution in [0.4, 0.5) is 0 Å². The van der Waals surface area contributed by atoms with Crippen LogP contribution in [-0.2, 0) is 17.8 Å². The van der Waals surface area contributed by atoms with E-state index in [1.807, 2.05) is 25.1 Å². The van der Waals surface area contributed by atoms with E-state index in [1.54, 1.807) is 0 Å². The fourth-order valence-corrected chi connectivity index (χ4v) is 1.93. The SMILES string of the molecule is CC1Cc2cc(Cl)ccc2CNC1=O. The molecule has 14 heavy (non-hydrogen) atoms. The van der Waals surface area contributed by atoms with Gasteiger partial charge in [-0.15, -0.1) is 0 Å². The van der Waals surface area contributed by atoms with E-state index in [0.29, 0.717) is 6.54 Å². The summed E-state index contributed by atoms with van der Waals surface area (Å²) in [5.74, 6) is 0.159. The quantitative estimate of drug-likeness (QED) is 0.697. The summed E-state index contributed by atoms with van der Waals surface area (Å²) in [5.41, 5.74) is 2.36. The Kier molecular flexibility index (Phi) is 2.46. The Bertz CT molecular complexity index is 376. The van der Waals surface area contributed by atoms with Crippen LogP contribution < -0.4 is 5.32 Å². The lowest BCUT2D eigenvalue weighted by molar-refractivity contribution is -0.124. The molecule has 0 radical (unpaired) electrons. The van der Waals surface area contributed by atoms with Crippen molar-refractivity contribution in [2.75, 3.05) is 0 Å². The molecule has 0 saturated carbocycles. The van der Waals surface area contributed by atoms with E-state index in [1.165, 1.54) is 11.1 Å². The molecule has 1 aromatic rings. The molecule has 0 fully saturated rings. The van der Waals surface area contributed by atoms with Crippen LogP contribution in [-0.4, -0.2) is 5.91 Å². The Morgan fingerprint density at radius 3 is 3.00 bits per heavy atom. The van der Waals surface area contributed by atoms with Gasteiger partial charge in [0.2, 0.25) is 5.91 Å². The van der Waals surface area contributed by atoms with E-state index < -0.39 is 0 Å². The Morgan fingerprint density at radius 1 is 1.43 bits per heavy atom. The molecular formula is C11H12ClNO. The van der Waals surface area contributed by atoms with Crippen molar-refractivity contribution < 1.29 is 4.79 Å². The van der Waals surface area contributed by atoms with Crippen LogP contribution >= 0.6 is 11.6 Å². The van der Waals surface area contributed by atoms with Crippen molar-refractivity contribution >= 4 is 17.5 Å². The lowest BCUT2D eigenvalue weighted by atomic mass is 9.98. The molecule has 1 aliphatic heterocycles. The summed E-state index contributed by atoms with van der Waals surface area (Å²) >= 11 is 5.91. The van der Waals surface area contributed by atoms with Gasteiger partial charge < -0.3 is 5.32 Å². The van der Waals surface area contributed by atoms with E-state index in [0.717, 1.165) is 11.4 Å². The lowest BCUT2D eigenvalue weighted by Gasteiger charge is -2.06. The van der Waals surface area contributed by atoms with Crippen molar-refractivity contribution in [3.05, 3.63) is 34.3 Å². The highest BCUT2D eigenvalue weighted by molar-refractivity contribution is 6.30. The third-order valence-corrected chi connectivity index (χ3v) is 2.83. The molecular weight excluding hydrogens is 198 g/mol. The summed E-state index contributed by atoms with van der Waals surface area (Å²) < 4.78 is 0. The highest BCUT2D eigenvalue weighted by Crippen LogP contribution is 2.21. The third kappa shape index (κ3) is 1.75. The second-order valence-electron chi connectivity index (χ2n) is 3.74. The van der Waals surface area contributed by atoms with E-state index in [-0.39, 0.29) is 11.8 Å². The van der Waals surface area contributed by atoms with Crippen molar-refractivity contribution in [2.45, 2.75) is 19.9 Å². The van der Waals surface area contributed by atoms with Crippen molar-refractivity contribution in [2.24, 2.45) is 5.92 Å². The van der Waals surface area contributed by atoms with Gasteiger partial charge in [0.15, 0.2) is 0 Å². The Balaban J connectivity index is 2.38. The van der Waals surface area contributed by atoms with Gasteiger partial charge >= 0.3 is 0 Å². The summed E-state index contributed by atoms with van der Waals surface area (Å²) in [6, 6.07) is 5.80. The molecule has 1 atom stereocenters. The second-order valence-corrected chi connectivity index (χ2v) is 4.17. The fraction of sp³-hybridized carbons (Fsp3) is 0.364. The summed E-state index contributed by atoms with van der Waals surface area (Å²) in [4.78, 5) is 11.4. The Morgan fingerprint density at radius 2 is 2.21 bits per heavy atom. The molecule has 0 saturated heterocycles. The third-order valence-electron chi connectivity index (χ3n) is 2.60. The summed E-state index contributed by atoms with van der Waals surface area (Å²) in [6.45, 7) is 2.56. The predicted molar refractivity (Wildman–Crippen MR) is 56.2 cm³/mol. The second kappa shape index (κ2) is 3.62. The standard InChI is InChI=1S/C11H12ClNO/c1-7-4-9-5-10(12)3-2-8(9)6-13-11(7)14/h2-3,5,7H,4,6H2,1H3,(H,13,14). The van der Waals surface area contributed by atoms with Gasteiger partial charge in [-0.1, -0.05) is 24.6 Å². The number of rotatable bonds is 0. The van der Waals surface area contributed by atoms with Crippen molar-refractivity contribution in [3.8, 4) is 0 Å². The molecule has 2 nitrogen and oxygen atoms in total. The zero-order valence-electron chi connectivity index (χ0n) is 8.01. The smallest absolute Gasteiger partial charge is 0.223 e. The summed E-state index contributed by atoms with van der Waals surface area (Å²) in [6.07, 6.45) is 0.779. The van der Waals surface area contributed by atoms with E-state index >= 15 is 0 Å². The van der Waals surface area contributed by atoms with Gasteiger partial charge in [0.25, 0.3) is 0 Å². The van der Waals surface area contributed by atoms with Gasteiger partial charge in [0.1, 0.15) is 0 Å². The number of carbonyl (C=O) groups is 1. The van der Waals surface area contributed by atoms with E-state index in [9.17, 15) is 4.79 Å². The predicted octanol–water partition coefficient (Wildman–Crippen LogP) is 2.15. The van der Waals surface area contributed by atoms with Gasteiger partial charge in [0, 0.05) is 17.5 Å². The van der Waals surface area contributed by atoms with E-state index in [4.69, 9.17) is 11.6 Å². The molecule has 0 aromatic heterocycles. The number of benzene rings is 1. The molecule has 74 valence electrons. The van der Waals surface area contributed by atoms with Gasteiger partial charge in [-0.05, 0) is 29.7 Å². The molecule has 2 rings (SSSR count). The van der Waals surface area contributed by atoms with Crippen molar-refractivity contribution in [1.29, 1.82) is 0 Å². The minimum Gasteiger partial charge on any atom is -0.352 e. The zero-order chi connectivity index (χ0) is 10.1. The largest absolute Gasteiger partial charge is 0.352 e. The van der Waals surface area contributed by atoms with Crippen LogP contribution in [0.15, 0.2) is 18.2 Å². The maximum absolute atomic E-state index is 11.4. The van der Waals surface area contributed by atoms with Crippen LogP contribution in [0.2, 0.25) is 5.02 Å². The minimum atomic E-state index is 0.0368. The molecule has 1 N–H and O–H groups in total. The van der Waals surface area contributed by atoms with Gasteiger partial charge in [0.05, 0.1) is 0 Å². The van der Waals surface area contributed by atoms with Gasteiger partial charge in [-0.2, -0.15) is 0 Å². The van der Waals surface area contributed by atoms with Gasteiger partial charge in [-0.3, -0.25) is 4.79 Å². The number of fused-ring (bicyclic) bond motifs is 1. The van der Waals surface area contributed by atoms with Gasteiger partial charge in [-0.25, -0.2) is 0 Å². The first-order valence-electron chi connectivity index (χ1n) is 4.72. The molecule has 0 bridgehead atoms. The van der Waals surface area contributed by atoms with Crippen LogP contribution in [0.25, 0.3) is 0 Å². The molecule has 1 unspecified atom stereocenters.